The fraction of sp³-hybridized carbons (Fsp3) is 0.222. The van der Waals surface area contributed by atoms with Gasteiger partial charge in [0.15, 0.2) is 0 Å². The molecule has 0 heterocycles. The Bertz CT molecular complexity index is 315. The highest BCUT2D eigenvalue weighted by molar-refractivity contribution is 6.30. The molecule has 3 heteroatoms. The van der Waals surface area contributed by atoms with Crippen molar-refractivity contribution in [3.05, 3.63) is 34.3 Å². The molecule has 0 aliphatic carbocycles. The number of hydrogen-bond donors (Lipinski definition) is 1. The Morgan fingerprint density at radius 1 is 1.58 bits per heavy atom. The van der Waals surface area contributed by atoms with Crippen molar-refractivity contribution >= 4 is 11.6 Å². The Labute approximate surface area is 76.8 Å². The van der Waals surface area contributed by atoms with Crippen molar-refractivity contribution in [3.63, 3.8) is 0 Å². The summed E-state index contributed by atoms with van der Waals surface area (Å²) in [5, 5.41) is 12.4. The first-order chi connectivity index (χ1) is 5.77. The van der Waals surface area contributed by atoms with Crippen LogP contribution >= 0.6 is 11.6 Å². The van der Waals surface area contributed by atoms with Gasteiger partial charge in [-0.2, -0.15) is 5.26 Å². The van der Waals surface area contributed by atoms with Gasteiger partial charge in [-0.25, -0.2) is 0 Å². The molecular formula is C9H9ClN2. The highest BCUT2D eigenvalue weighted by Gasteiger charge is 2.00. The molecule has 1 aromatic rings. The molecule has 1 aromatic carbocycles. The van der Waals surface area contributed by atoms with E-state index in [1.165, 1.54) is 0 Å². The predicted octanol–water partition coefficient (Wildman–Crippen LogP) is 1.93. The molecule has 0 amide bonds. The van der Waals surface area contributed by atoms with Crippen molar-refractivity contribution < 1.29 is 0 Å². The Morgan fingerprint density at radius 2 is 2.33 bits per heavy atom. The molecule has 0 saturated carbocycles. The van der Waals surface area contributed by atoms with Crippen LogP contribution in [-0.4, -0.2) is 7.05 Å². The van der Waals surface area contributed by atoms with Crippen LogP contribution in [0.25, 0.3) is 0 Å². The van der Waals surface area contributed by atoms with E-state index in [0.29, 0.717) is 17.1 Å². The lowest BCUT2D eigenvalue weighted by Crippen LogP contribution is -2.06. The number of halogens is 1. The minimum absolute atomic E-state index is 0.666. The van der Waals surface area contributed by atoms with E-state index in [0.717, 1.165) is 5.56 Å². The Morgan fingerprint density at radius 3 is 2.92 bits per heavy atom. The lowest BCUT2D eigenvalue weighted by atomic mass is 10.1. The molecule has 62 valence electrons. The monoisotopic (exact) mass is 180 g/mol. The largest absolute Gasteiger partial charge is 0.316 e. The van der Waals surface area contributed by atoms with Crippen LogP contribution in [0.3, 0.4) is 0 Å². The molecule has 1 N–H and O–H groups in total. The van der Waals surface area contributed by atoms with Gasteiger partial charge in [0.05, 0.1) is 11.6 Å². The maximum absolute atomic E-state index is 8.72. The van der Waals surface area contributed by atoms with Crippen LogP contribution in [0.1, 0.15) is 11.1 Å². The van der Waals surface area contributed by atoms with Crippen LogP contribution in [0.4, 0.5) is 0 Å². The molecule has 0 spiro atoms. The van der Waals surface area contributed by atoms with Gasteiger partial charge in [0, 0.05) is 11.6 Å². The zero-order valence-corrected chi connectivity index (χ0v) is 7.52. The second-order valence-electron chi connectivity index (χ2n) is 2.44. The minimum atomic E-state index is 0.666. The summed E-state index contributed by atoms with van der Waals surface area (Å²) in [6, 6.07) is 7.36. The van der Waals surface area contributed by atoms with E-state index < -0.39 is 0 Å². The lowest BCUT2D eigenvalue weighted by Gasteiger charge is -2.02. The zero-order chi connectivity index (χ0) is 8.97. The van der Waals surface area contributed by atoms with Crippen LogP contribution in [-0.2, 0) is 6.54 Å². The smallest absolute Gasteiger partial charge is 0.0995 e. The Kier molecular flexibility index (Phi) is 3.09. The van der Waals surface area contributed by atoms with Crippen LogP contribution < -0.4 is 5.32 Å². The van der Waals surface area contributed by atoms with E-state index in [9.17, 15) is 0 Å². The number of rotatable bonds is 2. The van der Waals surface area contributed by atoms with Crippen molar-refractivity contribution in [1.82, 2.24) is 5.32 Å². The number of hydrogen-bond acceptors (Lipinski definition) is 2. The first kappa shape index (κ1) is 9.05. The molecule has 0 aromatic heterocycles. The molecule has 0 bridgehead atoms. The topological polar surface area (TPSA) is 35.8 Å². The molecule has 12 heavy (non-hydrogen) atoms. The fourth-order valence-corrected chi connectivity index (χ4v) is 1.20. The SMILES string of the molecule is CNCc1cc(Cl)ccc1C#N. The van der Waals surface area contributed by atoms with Crippen molar-refractivity contribution in [1.29, 1.82) is 5.26 Å². The molecule has 0 fully saturated rings. The molecular weight excluding hydrogens is 172 g/mol. The summed E-state index contributed by atoms with van der Waals surface area (Å²) < 4.78 is 0. The van der Waals surface area contributed by atoms with E-state index in [2.05, 4.69) is 11.4 Å². The van der Waals surface area contributed by atoms with Gasteiger partial charge in [-0.15, -0.1) is 0 Å². The summed E-state index contributed by atoms with van der Waals surface area (Å²) in [6.07, 6.45) is 0. The summed E-state index contributed by atoms with van der Waals surface area (Å²) in [5.41, 5.74) is 1.61. The van der Waals surface area contributed by atoms with Gasteiger partial charge in [0.1, 0.15) is 0 Å². The molecule has 1 rings (SSSR count). The van der Waals surface area contributed by atoms with E-state index in [1.54, 1.807) is 18.2 Å². The van der Waals surface area contributed by atoms with Crippen molar-refractivity contribution in [2.75, 3.05) is 7.05 Å². The summed E-state index contributed by atoms with van der Waals surface area (Å²) >= 11 is 5.77. The second kappa shape index (κ2) is 4.10. The van der Waals surface area contributed by atoms with Crippen LogP contribution in [0, 0.1) is 11.3 Å². The number of nitriles is 1. The number of nitrogens with one attached hydrogen (secondary N) is 1. The Balaban J connectivity index is 3.06. The fourth-order valence-electron chi connectivity index (χ4n) is 1.01. The van der Waals surface area contributed by atoms with Crippen molar-refractivity contribution in [2.45, 2.75) is 6.54 Å². The van der Waals surface area contributed by atoms with Crippen LogP contribution in [0.15, 0.2) is 18.2 Å². The van der Waals surface area contributed by atoms with E-state index >= 15 is 0 Å². The third kappa shape index (κ3) is 1.97. The van der Waals surface area contributed by atoms with Crippen molar-refractivity contribution in [3.8, 4) is 6.07 Å². The van der Waals surface area contributed by atoms with E-state index in [1.807, 2.05) is 7.05 Å². The van der Waals surface area contributed by atoms with Crippen LogP contribution in [0.2, 0.25) is 5.02 Å². The normalized spacial score (nSPS) is 9.42. The Hall–Kier alpha value is -1.04. The third-order valence-electron chi connectivity index (χ3n) is 1.55. The first-order valence-corrected chi connectivity index (χ1v) is 3.99. The standard InChI is InChI=1S/C9H9ClN2/c1-12-6-8-4-9(10)3-2-7(8)5-11/h2-4,12H,6H2,1H3. The van der Waals surface area contributed by atoms with Crippen molar-refractivity contribution in [2.24, 2.45) is 0 Å². The summed E-state index contributed by atoms with van der Waals surface area (Å²) in [7, 11) is 1.84. The van der Waals surface area contributed by atoms with E-state index in [4.69, 9.17) is 16.9 Å². The molecule has 0 aliphatic rings. The summed E-state index contributed by atoms with van der Waals surface area (Å²) in [6.45, 7) is 0.670. The van der Waals surface area contributed by atoms with E-state index in [-0.39, 0.29) is 0 Å². The first-order valence-electron chi connectivity index (χ1n) is 3.61. The zero-order valence-electron chi connectivity index (χ0n) is 6.76. The maximum Gasteiger partial charge on any atom is 0.0995 e. The highest BCUT2D eigenvalue weighted by Crippen LogP contribution is 2.14. The molecule has 2 nitrogen and oxygen atoms in total. The lowest BCUT2D eigenvalue weighted by molar-refractivity contribution is 0.815. The molecule has 0 radical (unpaired) electrons. The third-order valence-corrected chi connectivity index (χ3v) is 1.79. The maximum atomic E-state index is 8.72. The van der Waals surface area contributed by atoms with Gasteiger partial charge in [0.2, 0.25) is 0 Å². The quantitative estimate of drug-likeness (QED) is 0.755. The molecule has 0 saturated heterocycles. The minimum Gasteiger partial charge on any atom is -0.316 e. The summed E-state index contributed by atoms with van der Waals surface area (Å²) in [5.74, 6) is 0. The molecule has 0 atom stereocenters. The average Bonchev–Trinajstić information content (AvgIpc) is 2.05. The molecule has 0 unspecified atom stereocenters. The number of benzene rings is 1. The summed E-state index contributed by atoms with van der Waals surface area (Å²) in [4.78, 5) is 0. The number of nitrogens with zero attached hydrogens (tertiary/aromatic N) is 1. The van der Waals surface area contributed by atoms with Gasteiger partial charge >= 0.3 is 0 Å². The van der Waals surface area contributed by atoms with Gasteiger partial charge in [-0.3, -0.25) is 0 Å². The van der Waals surface area contributed by atoms with Crippen LogP contribution in [0.5, 0.6) is 0 Å². The van der Waals surface area contributed by atoms with Gasteiger partial charge in [-0.05, 0) is 30.8 Å². The predicted molar refractivity (Wildman–Crippen MR) is 48.9 cm³/mol. The second-order valence-corrected chi connectivity index (χ2v) is 2.88. The van der Waals surface area contributed by atoms with Gasteiger partial charge in [-0.1, -0.05) is 11.6 Å². The average molecular weight is 181 g/mol. The van der Waals surface area contributed by atoms with Gasteiger partial charge in [0.25, 0.3) is 0 Å². The van der Waals surface area contributed by atoms with Gasteiger partial charge < -0.3 is 5.32 Å². The highest BCUT2D eigenvalue weighted by atomic mass is 35.5. The molecule has 0 aliphatic heterocycles.